The predicted molar refractivity (Wildman–Crippen MR) is 104 cm³/mol. The third-order valence-electron chi connectivity index (χ3n) is 4.41. The maximum absolute atomic E-state index is 4.90. The van der Waals surface area contributed by atoms with Crippen molar-refractivity contribution < 1.29 is 0 Å². The van der Waals surface area contributed by atoms with Crippen LogP contribution < -0.4 is 0 Å². The topological polar surface area (TPSA) is 17.3 Å². The number of fused-ring (bicyclic) bond motifs is 8. The highest BCUT2D eigenvalue weighted by atomic mass is 15.0. The standard InChI is InChI=1S/C20H14N2.C2H6/c1-13-10-11-17-19(12-13)22-18-9-5-4-7-15(18)14-6-2-3-8-16(14)20(22)21-17;1-2/h2-12H,1H3;1-2H3. The molecule has 0 aliphatic heterocycles. The third-order valence-corrected chi connectivity index (χ3v) is 4.41. The Hall–Kier alpha value is -2.87. The van der Waals surface area contributed by atoms with Crippen LogP contribution in [0.4, 0.5) is 0 Å². The van der Waals surface area contributed by atoms with Crippen LogP contribution in [0.25, 0.3) is 38.4 Å². The minimum Gasteiger partial charge on any atom is -0.292 e. The quantitative estimate of drug-likeness (QED) is 0.314. The Labute approximate surface area is 141 Å². The number of aromatic nitrogens is 2. The molecular formula is C22H20N2. The summed E-state index contributed by atoms with van der Waals surface area (Å²) in [6, 6.07) is 23.6. The van der Waals surface area contributed by atoms with Crippen LogP contribution in [0, 0.1) is 6.92 Å². The SMILES string of the molecule is CC.Cc1ccc2nc3c4ccccc4c4ccccc4n3c2c1. The second-order valence-electron chi connectivity index (χ2n) is 5.83. The van der Waals surface area contributed by atoms with Gasteiger partial charge in [0.1, 0.15) is 5.65 Å². The summed E-state index contributed by atoms with van der Waals surface area (Å²) in [4.78, 5) is 4.90. The molecule has 0 atom stereocenters. The zero-order chi connectivity index (χ0) is 16.7. The number of nitrogens with zero attached hydrogens (tertiary/aromatic N) is 2. The molecule has 5 aromatic rings. The van der Waals surface area contributed by atoms with Gasteiger partial charge in [0, 0.05) is 10.8 Å². The maximum Gasteiger partial charge on any atom is 0.146 e. The molecule has 5 rings (SSSR count). The molecule has 2 nitrogen and oxygen atoms in total. The van der Waals surface area contributed by atoms with Crippen molar-refractivity contribution in [1.82, 2.24) is 9.38 Å². The van der Waals surface area contributed by atoms with E-state index in [2.05, 4.69) is 78.1 Å². The average Bonchev–Trinajstić information content (AvgIpc) is 3.03. The minimum absolute atomic E-state index is 1.04. The molecule has 0 fully saturated rings. The summed E-state index contributed by atoms with van der Waals surface area (Å²) in [7, 11) is 0. The van der Waals surface area contributed by atoms with Crippen LogP contribution in [-0.4, -0.2) is 9.38 Å². The number of aryl methyl sites for hydroxylation is 1. The largest absolute Gasteiger partial charge is 0.292 e. The van der Waals surface area contributed by atoms with E-state index in [0.717, 1.165) is 11.2 Å². The second-order valence-corrected chi connectivity index (χ2v) is 5.83. The molecule has 0 aliphatic carbocycles. The Morgan fingerprint density at radius 2 is 1.38 bits per heavy atom. The Bertz CT molecular complexity index is 1180. The summed E-state index contributed by atoms with van der Waals surface area (Å²) in [5.74, 6) is 0. The molecule has 2 heteroatoms. The van der Waals surface area contributed by atoms with Crippen LogP contribution in [0.15, 0.2) is 66.7 Å². The molecule has 118 valence electrons. The molecule has 0 unspecified atom stereocenters. The molecule has 0 bridgehead atoms. The molecule has 2 aromatic heterocycles. The van der Waals surface area contributed by atoms with Crippen molar-refractivity contribution in [2.75, 3.05) is 0 Å². The van der Waals surface area contributed by atoms with E-state index in [1.165, 1.54) is 32.8 Å². The predicted octanol–water partition coefficient (Wildman–Crippen LogP) is 6.13. The van der Waals surface area contributed by atoms with Gasteiger partial charge in [-0.1, -0.05) is 62.4 Å². The van der Waals surface area contributed by atoms with Gasteiger partial charge < -0.3 is 0 Å². The van der Waals surface area contributed by atoms with E-state index in [-0.39, 0.29) is 0 Å². The van der Waals surface area contributed by atoms with Gasteiger partial charge in [-0.2, -0.15) is 0 Å². The molecule has 3 aromatic carbocycles. The summed E-state index contributed by atoms with van der Waals surface area (Å²) >= 11 is 0. The van der Waals surface area contributed by atoms with Crippen LogP contribution >= 0.6 is 0 Å². The summed E-state index contributed by atoms with van der Waals surface area (Å²) < 4.78 is 2.29. The van der Waals surface area contributed by atoms with Crippen LogP contribution in [0.5, 0.6) is 0 Å². The van der Waals surface area contributed by atoms with E-state index in [9.17, 15) is 0 Å². The van der Waals surface area contributed by atoms with E-state index >= 15 is 0 Å². The van der Waals surface area contributed by atoms with Crippen molar-refractivity contribution in [2.24, 2.45) is 0 Å². The first-order chi connectivity index (χ1) is 11.8. The van der Waals surface area contributed by atoms with Gasteiger partial charge in [-0.3, -0.25) is 4.40 Å². The van der Waals surface area contributed by atoms with Crippen LogP contribution in [0.3, 0.4) is 0 Å². The second kappa shape index (κ2) is 5.64. The van der Waals surface area contributed by atoms with E-state index in [1.807, 2.05) is 13.8 Å². The summed E-state index contributed by atoms with van der Waals surface area (Å²) in [5, 5.41) is 3.74. The minimum atomic E-state index is 1.04. The molecule has 0 spiro atoms. The highest BCUT2D eigenvalue weighted by Crippen LogP contribution is 2.32. The van der Waals surface area contributed by atoms with E-state index in [4.69, 9.17) is 4.98 Å². The highest BCUT2D eigenvalue weighted by Gasteiger charge is 2.12. The lowest BCUT2D eigenvalue weighted by atomic mass is 10.1. The fraction of sp³-hybridized carbons (Fsp3) is 0.136. The first kappa shape index (κ1) is 14.7. The van der Waals surface area contributed by atoms with Crippen molar-refractivity contribution in [3.8, 4) is 0 Å². The summed E-state index contributed by atoms with van der Waals surface area (Å²) in [5.41, 5.74) is 5.73. The molecule has 0 radical (unpaired) electrons. The number of rotatable bonds is 0. The number of para-hydroxylation sites is 1. The Morgan fingerprint density at radius 1 is 0.708 bits per heavy atom. The Morgan fingerprint density at radius 3 is 2.17 bits per heavy atom. The van der Waals surface area contributed by atoms with Gasteiger partial charge in [0.15, 0.2) is 0 Å². The third kappa shape index (κ3) is 2.00. The zero-order valence-electron chi connectivity index (χ0n) is 14.2. The van der Waals surface area contributed by atoms with Gasteiger partial charge in [-0.15, -0.1) is 0 Å². The van der Waals surface area contributed by atoms with Gasteiger partial charge in [0.2, 0.25) is 0 Å². The lowest BCUT2D eigenvalue weighted by Crippen LogP contribution is -1.91. The van der Waals surface area contributed by atoms with Crippen molar-refractivity contribution >= 4 is 38.4 Å². The molecule has 0 amide bonds. The number of hydrogen-bond acceptors (Lipinski definition) is 1. The smallest absolute Gasteiger partial charge is 0.146 e. The van der Waals surface area contributed by atoms with Crippen molar-refractivity contribution in [3.63, 3.8) is 0 Å². The van der Waals surface area contributed by atoms with E-state index in [1.54, 1.807) is 0 Å². The zero-order valence-corrected chi connectivity index (χ0v) is 14.2. The highest BCUT2D eigenvalue weighted by molar-refractivity contribution is 6.13. The van der Waals surface area contributed by atoms with Crippen LogP contribution in [-0.2, 0) is 0 Å². The number of imidazole rings is 1. The molecule has 2 heterocycles. The van der Waals surface area contributed by atoms with E-state index < -0.39 is 0 Å². The van der Waals surface area contributed by atoms with Crippen molar-refractivity contribution in [3.05, 3.63) is 72.3 Å². The maximum atomic E-state index is 4.90. The number of pyridine rings is 1. The lowest BCUT2D eigenvalue weighted by Gasteiger charge is -2.08. The number of hydrogen-bond donors (Lipinski definition) is 0. The van der Waals surface area contributed by atoms with Gasteiger partial charge in [-0.05, 0) is 36.1 Å². The van der Waals surface area contributed by atoms with Crippen LogP contribution in [0.2, 0.25) is 0 Å². The first-order valence-electron chi connectivity index (χ1n) is 8.51. The molecule has 0 saturated heterocycles. The molecule has 24 heavy (non-hydrogen) atoms. The van der Waals surface area contributed by atoms with Gasteiger partial charge >= 0.3 is 0 Å². The number of benzene rings is 3. The summed E-state index contributed by atoms with van der Waals surface area (Å²) in [6.45, 7) is 6.13. The summed E-state index contributed by atoms with van der Waals surface area (Å²) in [6.07, 6.45) is 0. The van der Waals surface area contributed by atoms with Gasteiger partial charge in [-0.25, -0.2) is 4.98 Å². The van der Waals surface area contributed by atoms with Crippen molar-refractivity contribution in [2.45, 2.75) is 20.8 Å². The molecular weight excluding hydrogens is 292 g/mol. The van der Waals surface area contributed by atoms with Crippen LogP contribution in [0.1, 0.15) is 19.4 Å². The fourth-order valence-electron chi connectivity index (χ4n) is 3.42. The normalized spacial score (nSPS) is 11.1. The Balaban J connectivity index is 0.000000704. The van der Waals surface area contributed by atoms with Gasteiger partial charge in [0.25, 0.3) is 0 Å². The van der Waals surface area contributed by atoms with Crippen molar-refractivity contribution in [1.29, 1.82) is 0 Å². The monoisotopic (exact) mass is 312 g/mol. The Kier molecular flexibility index (Phi) is 3.46. The first-order valence-corrected chi connectivity index (χ1v) is 8.51. The fourth-order valence-corrected chi connectivity index (χ4v) is 3.42. The van der Waals surface area contributed by atoms with E-state index in [0.29, 0.717) is 0 Å². The lowest BCUT2D eigenvalue weighted by molar-refractivity contribution is 1.31. The molecule has 0 aliphatic rings. The molecule has 0 saturated carbocycles. The van der Waals surface area contributed by atoms with Gasteiger partial charge in [0.05, 0.1) is 16.6 Å². The molecule has 0 N–H and O–H groups in total. The average molecular weight is 312 g/mol.